The molecule has 0 aliphatic carbocycles. The molecule has 170 valence electrons. The van der Waals surface area contributed by atoms with Crippen molar-refractivity contribution in [3.8, 4) is 0 Å². The van der Waals surface area contributed by atoms with E-state index in [4.69, 9.17) is 0 Å². The number of carbonyl (C=O) groups is 2. The Morgan fingerprint density at radius 3 is 2.59 bits per heavy atom. The number of rotatable bonds is 5. The van der Waals surface area contributed by atoms with Gasteiger partial charge in [-0.15, -0.1) is 0 Å². The number of hydrogen-bond donors (Lipinski definition) is 2. The molecule has 3 amide bonds. The number of carbonyl (C=O) groups excluding carboxylic acids is 2. The van der Waals surface area contributed by atoms with E-state index < -0.39 is 6.04 Å². The number of piperidine rings is 1. The largest absolute Gasteiger partial charge is 0.326 e. The van der Waals surface area contributed by atoms with Gasteiger partial charge in [0.2, 0.25) is 5.91 Å². The molecule has 32 heavy (non-hydrogen) atoms. The minimum Gasteiger partial charge on any atom is -0.326 e. The zero-order valence-corrected chi connectivity index (χ0v) is 19.0. The van der Waals surface area contributed by atoms with Crippen molar-refractivity contribution >= 4 is 17.6 Å². The number of urea groups is 1. The van der Waals surface area contributed by atoms with Crippen molar-refractivity contribution in [1.29, 1.82) is 0 Å². The Hall–Kier alpha value is -3.09. The molecule has 1 aromatic heterocycles. The highest BCUT2D eigenvalue weighted by molar-refractivity contribution is 5.97. The predicted octanol–water partition coefficient (Wildman–Crippen LogP) is 3.20. The number of aromatic nitrogens is 1. The minimum absolute atomic E-state index is 0.0269. The number of fused-ring (bicyclic) bond motifs is 4. The Morgan fingerprint density at radius 1 is 1.06 bits per heavy atom. The maximum absolute atomic E-state index is 13.2. The number of amides is 3. The van der Waals surface area contributed by atoms with Crippen molar-refractivity contribution in [2.75, 3.05) is 18.4 Å². The number of benzene rings is 1. The van der Waals surface area contributed by atoms with Crippen LogP contribution in [0.1, 0.15) is 44.4 Å². The van der Waals surface area contributed by atoms with E-state index in [2.05, 4.69) is 10.6 Å². The lowest BCUT2D eigenvalue weighted by atomic mass is 9.83. The van der Waals surface area contributed by atoms with Crippen LogP contribution in [0.5, 0.6) is 0 Å². The third kappa shape index (κ3) is 4.42. The number of aryl methyl sites for hydroxylation is 1. The van der Waals surface area contributed by atoms with Crippen LogP contribution < -0.4 is 16.2 Å². The van der Waals surface area contributed by atoms with Crippen LogP contribution in [0, 0.1) is 11.8 Å². The van der Waals surface area contributed by atoms with Crippen LogP contribution in [0.15, 0.2) is 47.3 Å². The van der Waals surface area contributed by atoms with Crippen LogP contribution in [-0.4, -0.2) is 40.5 Å². The molecule has 1 fully saturated rings. The third-order valence-corrected chi connectivity index (χ3v) is 6.65. The van der Waals surface area contributed by atoms with E-state index in [0.29, 0.717) is 19.6 Å². The second-order valence-corrected chi connectivity index (χ2v) is 9.27. The summed E-state index contributed by atoms with van der Waals surface area (Å²) in [5.41, 5.74) is 2.88. The Kier molecular flexibility index (Phi) is 6.35. The van der Waals surface area contributed by atoms with E-state index in [1.807, 2.05) is 60.6 Å². The Bertz CT molecular complexity index is 1060. The zero-order chi connectivity index (χ0) is 22.8. The summed E-state index contributed by atoms with van der Waals surface area (Å²) in [4.78, 5) is 40.3. The third-order valence-electron chi connectivity index (χ3n) is 6.65. The topological polar surface area (TPSA) is 83.4 Å². The van der Waals surface area contributed by atoms with Gasteiger partial charge in [-0.1, -0.05) is 45.0 Å². The second-order valence-electron chi connectivity index (χ2n) is 9.27. The molecule has 2 N–H and O–H groups in total. The van der Waals surface area contributed by atoms with Crippen molar-refractivity contribution in [2.45, 2.75) is 52.1 Å². The molecule has 2 aliphatic heterocycles. The van der Waals surface area contributed by atoms with Crippen molar-refractivity contribution in [3.63, 3.8) is 0 Å². The number of likely N-dealkylation sites (tertiary alicyclic amines) is 1. The number of hydrogen-bond acceptors (Lipinski definition) is 3. The molecule has 2 aromatic rings. The van der Waals surface area contributed by atoms with Crippen LogP contribution in [0.2, 0.25) is 0 Å². The molecule has 3 heterocycles. The number of nitrogens with zero attached hydrogens (tertiary/aromatic N) is 2. The summed E-state index contributed by atoms with van der Waals surface area (Å²) < 4.78 is 1.85. The van der Waals surface area contributed by atoms with Crippen molar-refractivity contribution in [3.05, 3.63) is 64.1 Å². The van der Waals surface area contributed by atoms with Crippen LogP contribution in [0.3, 0.4) is 0 Å². The average molecular weight is 437 g/mol. The van der Waals surface area contributed by atoms with Crippen LogP contribution in [-0.2, 0) is 17.8 Å². The molecule has 3 atom stereocenters. The fraction of sp³-hybridized carbons (Fsp3) is 0.480. The molecule has 0 spiro atoms. The molecule has 4 rings (SSSR count). The summed E-state index contributed by atoms with van der Waals surface area (Å²) in [6.45, 7) is 7.70. The van der Waals surface area contributed by atoms with Crippen molar-refractivity contribution in [1.82, 2.24) is 14.8 Å². The first-order valence-electron chi connectivity index (χ1n) is 11.5. The lowest BCUT2D eigenvalue weighted by Gasteiger charge is -2.43. The SMILES string of the molecule is CCc1ccccc1NC(=O)[C@@H](NC(=O)N1CC2CC(C1)c1cccc(=O)n1C2)C(C)C. The van der Waals surface area contributed by atoms with Gasteiger partial charge in [0.25, 0.3) is 5.56 Å². The second kappa shape index (κ2) is 9.18. The van der Waals surface area contributed by atoms with E-state index in [0.717, 1.165) is 29.8 Å². The summed E-state index contributed by atoms with van der Waals surface area (Å²) in [6, 6.07) is 12.3. The summed E-state index contributed by atoms with van der Waals surface area (Å²) in [7, 11) is 0. The number of pyridine rings is 1. The van der Waals surface area contributed by atoms with Crippen molar-refractivity contribution in [2.24, 2.45) is 11.8 Å². The fourth-order valence-electron chi connectivity index (χ4n) is 4.98. The molecule has 0 radical (unpaired) electrons. The maximum atomic E-state index is 13.2. The zero-order valence-electron chi connectivity index (χ0n) is 19.0. The Labute approximate surface area is 188 Å². The van der Waals surface area contributed by atoms with E-state index in [1.165, 1.54) is 0 Å². The van der Waals surface area contributed by atoms with Gasteiger partial charge in [0.1, 0.15) is 6.04 Å². The number of anilines is 1. The average Bonchev–Trinajstić information content (AvgIpc) is 2.78. The molecule has 1 aromatic carbocycles. The summed E-state index contributed by atoms with van der Waals surface area (Å²) >= 11 is 0. The molecule has 7 nitrogen and oxygen atoms in total. The van der Waals surface area contributed by atoms with Gasteiger partial charge in [0, 0.05) is 43.0 Å². The predicted molar refractivity (Wildman–Crippen MR) is 125 cm³/mol. The lowest BCUT2D eigenvalue weighted by molar-refractivity contribution is -0.118. The van der Waals surface area contributed by atoms with Crippen LogP contribution in [0.4, 0.5) is 10.5 Å². The molecule has 0 saturated carbocycles. The number of para-hydroxylation sites is 1. The first kappa shape index (κ1) is 22.1. The highest BCUT2D eigenvalue weighted by atomic mass is 16.2. The molecule has 7 heteroatoms. The van der Waals surface area contributed by atoms with E-state index >= 15 is 0 Å². The Morgan fingerprint density at radius 2 is 1.84 bits per heavy atom. The maximum Gasteiger partial charge on any atom is 0.318 e. The monoisotopic (exact) mass is 436 g/mol. The smallest absolute Gasteiger partial charge is 0.318 e. The molecular formula is C25H32N4O3. The van der Waals surface area contributed by atoms with Gasteiger partial charge in [-0.3, -0.25) is 9.59 Å². The normalized spacial score (nSPS) is 20.4. The molecule has 1 saturated heterocycles. The van der Waals surface area contributed by atoms with Crippen LogP contribution >= 0.6 is 0 Å². The van der Waals surface area contributed by atoms with E-state index in [1.54, 1.807) is 12.1 Å². The van der Waals surface area contributed by atoms with E-state index in [-0.39, 0.29) is 35.3 Å². The first-order valence-corrected chi connectivity index (χ1v) is 11.5. The number of nitrogens with one attached hydrogen (secondary N) is 2. The van der Waals surface area contributed by atoms with Gasteiger partial charge < -0.3 is 20.1 Å². The highest BCUT2D eigenvalue weighted by Gasteiger charge is 2.37. The lowest BCUT2D eigenvalue weighted by Crippen LogP contribution is -2.56. The van der Waals surface area contributed by atoms with Gasteiger partial charge in [-0.05, 0) is 42.4 Å². The van der Waals surface area contributed by atoms with Gasteiger partial charge in [-0.2, -0.15) is 0 Å². The van der Waals surface area contributed by atoms with Crippen LogP contribution in [0.25, 0.3) is 0 Å². The quantitative estimate of drug-likeness (QED) is 0.755. The summed E-state index contributed by atoms with van der Waals surface area (Å²) in [5, 5.41) is 5.97. The molecule has 2 unspecified atom stereocenters. The standard InChI is InChI=1S/C25H32N4O3/c1-4-18-8-5-6-9-20(18)26-24(31)23(16(2)3)27-25(32)28-13-17-12-19(15-28)21-10-7-11-22(30)29(21)14-17/h5-11,16-17,19,23H,4,12-15H2,1-3H3,(H,26,31)(H,27,32)/t17?,19?,23-/m0/s1. The van der Waals surface area contributed by atoms with Gasteiger partial charge in [-0.25, -0.2) is 4.79 Å². The minimum atomic E-state index is -0.635. The van der Waals surface area contributed by atoms with Crippen molar-refractivity contribution < 1.29 is 9.59 Å². The molecular weight excluding hydrogens is 404 g/mol. The van der Waals surface area contributed by atoms with Gasteiger partial charge in [0.15, 0.2) is 0 Å². The van der Waals surface area contributed by atoms with E-state index in [9.17, 15) is 14.4 Å². The molecule has 2 bridgehead atoms. The first-order chi connectivity index (χ1) is 15.4. The Balaban J connectivity index is 1.46. The summed E-state index contributed by atoms with van der Waals surface area (Å²) in [5.74, 6) is 0.124. The van der Waals surface area contributed by atoms with Gasteiger partial charge >= 0.3 is 6.03 Å². The van der Waals surface area contributed by atoms with Gasteiger partial charge in [0.05, 0.1) is 0 Å². The summed E-state index contributed by atoms with van der Waals surface area (Å²) in [6.07, 6.45) is 1.80. The highest BCUT2D eigenvalue weighted by Crippen LogP contribution is 2.35. The fourth-order valence-corrected chi connectivity index (χ4v) is 4.98. The molecule has 2 aliphatic rings.